The predicted octanol–water partition coefficient (Wildman–Crippen LogP) is 7.74. The molecule has 0 unspecified atom stereocenters. The molecular formula is C40H55ClN4O4. The van der Waals surface area contributed by atoms with Crippen LogP contribution in [-0.2, 0) is 27.3 Å². The number of likely N-dealkylation sites (tertiary alicyclic amines) is 1. The van der Waals surface area contributed by atoms with E-state index in [1.807, 2.05) is 75.4 Å². The Hall–Kier alpha value is -3.36. The number of rotatable bonds is 7. The van der Waals surface area contributed by atoms with Gasteiger partial charge in [-0.1, -0.05) is 67.3 Å². The van der Waals surface area contributed by atoms with Gasteiger partial charge in [-0.15, -0.1) is 0 Å². The molecule has 2 heterocycles. The standard InChI is InChI=1S/C40H55ClN4O4/c1-38(2,3)43-36(47)40(31-14-8-7-9-15-31)20-22-44(23-21-40)27-33(24-28-16-18-32(41)19-17-28)42-35(46)34-25-29-12-10-11-13-30(29)26-45(34)37(48)49-39(4,5)6/h10-13,16-19,24,31,34H,7-9,14-15,20-23,25-27H2,1-6H3,(H,42,46)(H,43,47)/b33-24-/t34-/m1/s1. The van der Waals surface area contributed by atoms with Crippen molar-refractivity contribution in [2.75, 3.05) is 19.6 Å². The summed E-state index contributed by atoms with van der Waals surface area (Å²) in [4.78, 5) is 45.5. The summed E-state index contributed by atoms with van der Waals surface area (Å²) in [6, 6.07) is 14.7. The van der Waals surface area contributed by atoms with Crippen LogP contribution in [0.3, 0.4) is 0 Å². The van der Waals surface area contributed by atoms with Crippen molar-refractivity contribution < 1.29 is 19.1 Å². The van der Waals surface area contributed by atoms with E-state index in [0.29, 0.717) is 30.5 Å². The molecule has 1 saturated heterocycles. The van der Waals surface area contributed by atoms with Gasteiger partial charge in [-0.3, -0.25) is 19.4 Å². The number of ether oxygens (including phenoxy) is 1. The molecule has 266 valence electrons. The van der Waals surface area contributed by atoms with Crippen molar-refractivity contribution in [2.45, 2.75) is 117 Å². The molecule has 2 aliphatic heterocycles. The number of hydrogen-bond acceptors (Lipinski definition) is 5. The molecule has 3 aliphatic rings. The number of amides is 3. The third-order valence-electron chi connectivity index (χ3n) is 10.1. The monoisotopic (exact) mass is 690 g/mol. The molecule has 2 fully saturated rings. The molecular weight excluding hydrogens is 636 g/mol. The van der Waals surface area contributed by atoms with E-state index in [0.717, 1.165) is 61.2 Å². The number of hydrogen-bond donors (Lipinski definition) is 2. The Labute approximate surface area is 298 Å². The van der Waals surface area contributed by atoms with Gasteiger partial charge in [0, 0.05) is 29.2 Å². The Bertz CT molecular complexity index is 1510. The van der Waals surface area contributed by atoms with Crippen LogP contribution in [0.4, 0.5) is 4.79 Å². The average molecular weight is 691 g/mol. The van der Waals surface area contributed by atoms with Crippen LogP contribution in [0.1, 0.15) is 103 Å². The lowest BCUT2D eigenvalue weighted by atomic mass is 9.63. The molecule has 0 bridgehead atoms. The van der Waals surface area contributed by atoms with E-state index in [1.54, 1.807) is 4.90 Å². The molecule has 49 heavy (non-hydrogen) atoms. The molecule has 1 aliphatic carbocycles. The van der Waals surface area contributed by atoms with E-state index in [1.165, 1.54) is 19.3 Å². The molecule has 1 saturated carbocycles. The van der Waals surface area contributed by atoms with E-state index in [9.17, 15) is 14.4 Å². The topological polar surface area (TPSA) is 91.0 Å². The van der Waals surface area contributed by atoms with Gasteiger partial charge in [0.2, 0.25) is 11.8 Å². The van der Waals surface area contributed by atoms with Crippen molar-refractivity contribution in [1.82, 2.24) is 20.4 Å². The van der Waals surface area contributed by atoms with Crippen molar-refractivity contribution in [3.63, 3.8) is 0 Å². The Morgan fingerprint density at radius 2 is 1.55 bits per heavy atom. The number of carbonyl (C=O) groups excluding carboxylic acids is 3. The second kappa shape index (κ2) is 15.3. The third kappa shape index (κ3) is 9.66. The summed E-state index contributed by atoms with van der Waals surface area (Å²) in [6.07, 6.45) is 9.27. The van der Waals surface area contributed by atoms with Crippen molar-refractivity contribution in [3.05, 3.63) is 75.9 Å². The minimum Gasteiger partial charge on any atom is -0.444 e. The lowest BCUT2D eigenvalue weighted by molar-refractivity contribution is -0.140. The lowest BCUT2D eigenvalue weighted by Gasteiger charge is -2.47. The zero-order valence-electron chi connectivity index (χ0n) is 30.2. The van der Waals surface area contributed by atoms with Gasteiger partial charge in [0.05, 0.1) is 12.0 Å². The van der Waals surface area contributed by atoms with Gasteiger partial charge >= 0.3 is 6.09 Å². The van der Waals surface area contributed by atoms with Gasteiger partial charge in [-0.2, -0.15) is 0 Å². The van der Waals surface area contributed by atoms with Crippen LogP contribution in [0.5, 0.6) is 0 Å². The summed E-state index contributed by atoms with van der Waals surface area (Å²) < 4.78 is 5.76. The minimum atomic E-state index is -0.736. The van der Waals surface area contributed by atoms with Gasteiger partial charge in [-0.05, 0) is 121 Å². The van der Waals surface area contributed by atoms with E-state index < -0.39 is 17.7 Å². The Kier molecular flexibility index (Phi) is 11.5. The summed E-state index contributed by atoms with van der Waals surface area (Å²) in [5.41, 5.74) is 2.35. The smallest absolute Gasteiger partial charge is 0.411 e. The highest BCUT2D eigenvalue weighted by atomic mass is 35.5. The minimum absolute atomic E-state index is 0.191. The van der Waals surface area contributed by atoms with Gasteiger partial charge in [0.1, 0.15) is 11.6 Å². The number of nitrogens with zero attached hydrogens (tertiary/aromatic N) is 2. The quantitative estimate of drug-likeness (QED) is 0.310. The van der Waals surface area contributed by atoms with Gasteiger partial charge < -0.3 is 15.4 Å². The van der Waals surface area contributed by atoms with Crippen LogP contribution in [-0.4, -0.2) is 64.5 Å². The highest BCUT2D eigenvalue weighted by Crippen LogP contribution is 2.46. The van der Waals surface area contributed by atoms with Crippen LogP contribution in [0, 0.1) is 11.3 Å². The summed E-state index contributed by atoms with van der Waals surface area (Å²) >= 11 is 6.20. The molecule has 0 aromatic heterocycles. The summed E-state index contributed by atoms with van der Waals surface area (Å²) in [6.45, 7) is 14.0. The predicted molar refractivity (Wildman–Crippen MR) is 196 cm³/mol. The van der Waals surface area contributed by atoms with Crippen LogP contribution in [0.25, 0.3) is 6.08 Å². The largest absolute Gasteiger partial charge is 0.444 e. The average Bonchev–Trinajstić information content (AvgIpc) is 3.04. The fourth-order valence-corrected chi connectivity index (χ4v) is 7.81. The van der Waals surface area contributed by atoms with Gasteiger partial charge in [0.25, 0.3) is 0 Å². The first kappa shape index (κ1) is 36.9. The maximum absolute atomic E-state index is 14.2. The molecule has 5 rings (SSSR count). The van der Waals surface area contributed by atoms with Crippen molar-refractivity contribution >= 4 is 35.6 Å². The van der Waals surface area contributed by atoms with Crippen LogP contribution >= 0.6 is 11.6 Å². The van der Waals surface area contributed by atoms with Crippen LogP contribution in [0.15, 0.2) is 54.2 Å². The van der Waals surface area contributed by atoms with E-state index in [4.69, 9.17) is 16.3 Å². The molecule has 2 N–H and O–H groups in total. The second-order valence-electron chi connectivity index (χ2n) is 16.3. The Morgan fingerprint density at radius 3 is 2.16 bits per heavy atom. The summed E-state index contributed by atoms with van der Waals surface area (Å²) in [7, 11) is 0. The van der Waals surface area contributed by atoms with Crippen LogP contribution < -0.4 is 10.6 Å². The van der Waals surface area contributed by atoms with Crippen molar-refractivity contribution in [2.24, 2.45) is 11.3 Å². The number of nitrogens with one attached hydrogen (secondary N) is 2. The summed E-state index contributed by atoms with van der Waals surface area (Å²) in [5.74, 6) is 0.331. The molecule has 1 atom stereocenters. The number of carbonyl (C=O) groups is 3. The first-order valence-corrected chi connectivity index (χ1v) is 18.4. The lowest BCUT2D eigenvalue weighted by Crippen LogP contribution is -2.57. The summed E-state index contributed by atoms with van der Waals surface area (Å²) in [5, 5.41) is 7.21. The van der Waals surface area contributed by atoms with Crippen molar-refractivity contribution in [1.29, 1.82) is 0 Å². The highest BCUT2D eigenvalue weighted by molar-refractivity contribution is 6.30. The maximum Gasteiger partial charge on any atom is 0.411 e. The van der Waals surface area contributed by atoms with Gasteiger partial charge in [-0.25, -0.2) is 4.79 Å². The van der Waals surface area contributed by atoms with E-state index in [2.05, 4.69) is 36.3 Å². The molecule has 0 spiro atoms. The number of halogens is 1. The van der Waals surface area contributed by atoms with Crippen molar-refractivity contribution in [3.8, 4) is 0 Å². The number of piperidine rings is 1. The Balaban J connectivity index is 1.37. The molecule has 3 amide bonds. The molecule has 0 radical (unpaired) electrons. The highest BCUT2D eigenvalue weighted by Gasteiger charge is 2.48. The molecule has 2 aromatic carbocycles. The normalized spacial score (nSPS) is 20.7. The van der Waals surface area contributed by atoms with E-state index >= 15 is 0 Å². The van der Waals surface area contributed by atoms with Crippen LogP contribution in [0.2, 0.25) is 5.02 Å². The SMILES string of the molecule is CC(C)(C)NC(=O)C1(C2CCCCC2)CCN(C/C(=C/c2ccc(Cl)cc2)NC(=O)[C@H]2Cc3ccccc3CN2C(=O)OC(C)(C)C)CC1. The zero-order valence-corrected chi connectivity index (χ0v) is 31.0. The Morgan fingerprint density at radius 1 is 0.918 bits per heavy atom. The molecule has 8 nitrogen and oxygen atoms in total. The number of fused-ring (bicyclic) bond motifs is 1. The first-order chi connectivity index (χ1) is 23.1. The van der Waals surface area contributed by atoms with E-state index in [-0.39, 0.29) is 22.8 Å². The fourth-order valence-electron chi connectivity index (χ4n) is 7.68. The second-order valence-corrected chi connectivity index (χ2v) is 16.7. The third-order valence-corrected chi connectivity index (χ3v) is 10.4. The first-order valence-electron chi connectivity index (χ1n) is 18.0. The molecule has 9 heteroatoms. The number of benzene rings is 2. The molecule has 2 aromatic rings. The fraction of sp³-hybridized carbons (Fsp3) is 0.575. The maximum atomic E-state index is 14.2. The van der Waals surface area contributed by atoms with Gasteiger partial charge in [0.15, 0.2) is 0 Å². The zero-order chi connectivity index (χ0) is 35.4.